The molecule has 0 saturated carbocycles. The molecular weight excluding hydrogens is 306 g/mol. The van der Waals surface area contributed by atoms with Gasteiger partial charge in [0, 0.05) is 5.69 Å². The van der Waals surface area contributed by atoms with Gasteiger partial charge in [0.25, 0.3) is 5.91 Å². The molecule has 0 unspecified atom stereocenters. The molecule has 0 atom stereocenters. The van der Waals surface area contributed by atoms with Crippen LogP contribution in [0, 0.1) is 0 Å². The van der Waals surface area contributed by atoms with Gasteiger partial charge in [-0.05, 0) is 41.5 Å². The highest BCUT2D eigenvalue weighted by atomic mass is 16.5. The van der Waals surface area contributed by atoms with Crippen molar-refractivity contribution >= 4 is 23.7 Å². The van der Waals surface area contributed by atoms with Gasteiger partial charge in [0.2, 0.25) is 5.91 Å². The first-order chi connectivity index (χ1) is 11.7. The van der Waals surface area contributed by atoms with E-state index >= 15 is 0 Å². The molecule has 24 heavy (non-hydrogen) atoms. The third-order valence-electron chi connectivity index (χ3n) is 3.75. The molecule has 2 amide bonds. The number of rotatable bonds is 5. The number of hydrogen-bond donors (Lipinski definition) is 1. The summed E-state index contributed by atoms with van der Waals surface area (Å²) in [6, 6.07) is 14.7. The lowest BCUT2D eigenvalue weighted by molar-refractivity contribution is -0.123. The number of nitrogens with one attached hydrogen (secondary N) is 1. The Kier molecular flexibility index (Phi) is 4.56. The minimum absolute atomic E-state index is 0.0458. The predicted octanol–water partition coefficient (Wildman–Crippen LogP) is 1.73. The van der Waals surface area contributed by atoms with Crippen LogP contribution in [0.2, 0.25) is 0 Å². The van der Waals surface area contributed by atoms with Crippen LogP contribution in [0.3, 0.4) is 0 Å². The van der Waals surface area contributed by atoms with E-state index in [4.69, 9.17) is 4.74 Å². The van der Waals surface area contributed by atoms with Crippen molar-refractivity contribution in [2.45, 2.75) is 6.42 Å². The summed E-state index contributed by atoms with van der Waals surface area (Å²) in [7, 11) is 1.60. The maximum atomic E-state index is 12.0. The molecule has 0 radical (unpaired) electrons. The second kappa shape index (κ2) is 6.95. The average Bonchev–Trinajstić information content (AvgIpc) is 2.91. The Balaban J connectivity index is 1.58. The van der Waals surface area contributed by atoms with E-state index < -0.39 is 0 Å². The third kappa shape index (κ3) is 3.43. The van der Waals surface area contributed by atoms with Gasteiger partial charge < -0.3 is 9.64 Å². The highest BCUT2D eigenvalue weighted by Gasteiger charge is 2.28. The van der Waals surface area contributed by atoms with Crippen molar-refractivity contribution < 1.29 is 14.3 Å². The number of carbonyl (C=O) groups is 2. The van der Waals surface area contributed by atoms with Crippen LogP contribution >= 0.6 is 0 Å². The smallest absolute Gasteiger partial charge is 0.260 e. The van der Waals surface area contributed by atoms with E-state index in [1.165, 1.54) is 11.1 Å². The minimum Gasteiger partial charge on any atom is -0.497 e. The Labute approximate surface area is 139 Å². The van der Waals surface area contributed by atoms with Crippen LogP contribution in [0.25, 0.3) is 0 Å². The summed E-state index contributed by atoms with van der Waals surface area (Å²) in [6.45, 7) is -0.0458. The number of ether oxygens (including phenoxy) is 1. The summed E-state index contributed by atoms with van der Waals surface area (Å²) in [6.07, 6.45) is 1.87. The molecule has 0 bridgehead atoms. The lowest BCUT2D eigenvalue weighted by atomic mass is 10.2. The zero-order valence-corrected chi connectivity index (χ0v) is 13.2. The molecule has 1 N–H and O–H groups in total. The Morgan fingerprint density at radius 1 is 1.25 bits per heavy atom. The third-order valence-corrected chi connectivity index (χ3v) is 3.75. The minimum atomic E-state index is -0.343. The molecule has 6 nitrogen and oxygen atoms in total. The molecule has 0 aliphatic carbocycles. The molecule has 3 rings (SSSR count). The first-order valence-corrected chi connectivity index (χ1v) is 7.51. The maximum absolute atomic E-state index is 12.0. The highest BCUT2D eigenvalue weighted by Crippen LogP contribution is 2.27. The number of methoxy groups -OCH3 is 1. The van der Waals surface area contributed by atoms with Crippen molar-refractivity contribution in [1.82, 2.24) is 5.43 Å². The van der Waals surface area contributed by atoms with Crippen LogP contribution in [0.4, 0.5) is 5.69 Å². The number of amides is 2. The molecule has 122 valence electrons. The van der Waals surface area contributed by atoms with E-state index in [0.717, 1.165) is 22.6 Å². The zero-order chi connectivity index (χ0) is 16.9. The Bertz CT molecular complexity index is 784. The lowest BCUT2D eigenvalue weighted by Crippen LogP contribution is -2.37. The molecule has 0 spiro atoms. The first kappa shape index (κ1) is 15.7. The number of hydrogen-bond acceptors (Lipinski definition) is 4. The fourth-order valence-electron chi connectivity index (χ4n) is 2.54. The number of anilines is 1. The van der Waals surface area contributed by atoms with Crippen LogP contribution in [-0.4, -0.2) is 31.7 Å². The second-order valence-electron chi connectivity index (χ2n) is 5.35. The van der Waals surface area contributed by atoms with Crippen LogP contribution in [0.1, 0.15) is 11.1 Å². The molecule has 2 aromatic carbocycles. The Hall–Kier alpha value is -3.15. The van der Waals surface area contributed by atoms with Crippen molar-refractivity contribution in [1.29, 1.82) is 0 Å². The number of para-hydroxylation sites is 1. The normalized spacial score (nSPS) is 13.2. The largest absolute Gasteiger partial charge is 0.497 e. The van der Waals surface area contributed by atoms with Crippen molar-refractivity contribution in [3.63, 3.8) is 0 Å². The number of nitrogens with zero attached hydrogens (tertiary/aromatic N) is 2. The zero-order valence-electron chi connectivity index (χ0n) is 13.2. The summed E-state index contributed by atoms with van der Waals surface area (Å²) >= 11 is 0. The molecule has 1 aliphatic rings. The highest BCUT2D eigenvalue weighted by molar-refractivity contribution is 6.05. The van der Waals surface area contributed by atoms with E-state index in [2.05, 4.69) is 10.5 Å². The summed E-state index contributed by atoms with van der Waals surface area (Å²) in [5.41, 5.74) is 5.01. The predicted molar refractivity (Wildman–Crippen MR) is 91.2 cm³/mol. The SMILES string of the molecule is COc1ccc(/C=N/NC(=O)CN2C(=O)Cc3ccccc32)cc1. The standard InChI is InChI=1S/C18H17N3O3/c1-24-15-8-6-13(7-9-15)11-19-20-17(22)12-21-16-5-3-2-4-14(16)10-18(21)23/h2-9,11H,10,12H2,1H3,(H,20,22)/b19-11+. The van der Waals surface area contributed by atoms with Crippen molar-refractivity contribution in [2.75, 3.05) is 18.6 Å². The van der Waals surface area contributed by atoms with Crippen LogP contribution in [0.5, 0.6) is 5.75 Å². The van der Waals surface area contributed by atoms with Crippen LogP contribution in [0.15, 0.2) is 53.6 Å². The average molecular weight is 323 g/mol. The summed E-state index contributed by atoms with van der Waals surface area (Å²) < 4.78 is 5.07. The quantitative estimate of drug-likeness (QED) is 0.673. The van der Waals surface area contributed by atoms with Gasteiger partial charge in [-0.25, -0.2) is 5.43 Å². The van der Waals surface area contributed by atoms with Gasteiger partial charge in [-0.2, -0.15) is 5.10 Å². The number of benzene rings is 2. The van der Waals surface area contributed by atoms with E-state index in [9.17, 15) is 9.59 Å². The van der Waals surface area contributed by atoms with E-state index in [-0.39, 0.29) is 18.4 Å². The van der Waals surface area contributed by atoms with Gasteiger partial charge >= 0.3 is 0 Å². The van der Waals surface area contributed by atoms with Gasteiger partial charge in [0.05, 0.1) is 19.7 Å². The fraction of sp³-hybridized carbons (Fsp3) is 0.167. The number of fused-ring (bicyclic) bond motifs is 1. The second-order valence-corrected chi connectivity index (χ2v) is 5.35. The van der Waals surface area contributed by atoms with Crippen molar-refractivity contribution in [2.24, 2.45) is 5.10 Å². The first-order valence-electron chi connectivity index (χ1n) is 7.51. The van der Waals surface area contributed by atoms with Crippen LogP contribution in [-0.2, 0) is 16.0 Å². The van der Waals surface area contributed by atoms with Crippen molar-refractivity contribution in [3.8, 4) is 5.75 Å². The summed E-state index contributed by atoms with van der Waals surface area (Å²) in [5, 5.41) is 3.92. The monoisotopic (exact) mass is 323 g/mol. The van der Waals surface area contributed by atoms with E-state index in [1.54, 1.807) is 7.11 Å². The molecule has 2 aromatic rings. The van der Waals surface area contributed by atoms with Gasteiger partial charge in [0.15, 0.2) is 0 Å². The Morgan fingerprint density at radius 2 is 2.00 bits per heavy atom. The maximum Gasteiger partial charge on any atom is 0.260 e. The summed E-state index contributed by atoms with van der Waals surface area (Å²) in [5.74, 6) is 0.331. The number of hydrazone groups is 1. The molecule has 0 saturated heterocycles. The van der Waals surface area contributed by atoms with Gasteiger partial charge in [0.1, 0.15) is 12.3 Å². The van der Waals surface area contributed by atoms with Gasteiger partial charge in [-0.3, -0.25) is 9.59 Å². The van der Waals surface area contributed by atoms with Crippen LogP contribution < -0.4 is 15.1 Å². The van der Waals surface area contributed by atoms with Gasteiger partial charge in [-0.15, -0.1) is 0 Å². The molecule has 0 fully saturated rings. The molecule has 6 heteroatoms. The van der Waals surface area contributed by atoms with E-state index in [0.29, 0.717) is 6.42 Å². The fourth-order valence-corrected chi connectivity index (χ4v) is 2.54. The molecule has 1 heterocycles. The molecule has 0 aromatic heterocycles. The topological polar surface area (TPSA) is 71.0 Å². The summed E-state index contributed by atoms with van der Waals surface area (Å²) in [4.78, 5) is 25.5. The Morgan fingerprint density at radius 3 is 2.75 bits per heavy atom. The molecule has 1 aliphatic heterocycles. The van der Waals surface area contributed by atoms with E-state index in [1.807, 2.05) is 48.5 Å². The lowest BCUT2D eigenvalue weighted by Gasteiger charge is -2.15. The van der Waals surface area contributed by atoms with Gasteiger partial charge in [-0.1, -0.05) is 18.2 Å². The number of carbonyl (C=O) groups excluding carboxylic acids is 2. The van der Waals surface area contributed by atoms with Crippen molar-refractivity contribution in [3.05, 3.63) is 59.7 Å². The molecular formula is C18H17N3O3.